The topological polar surface area (TPSA) is 78.4 Å². The van der Waals surface area contributed by atoms with Crippen molar-refractivity contribution >= 4 is 17.5 Å². The molecule has 0 saturated heterocycles. The highest BCUT2D eigenvalue weighted by molar-refractivity contribution is 5.99. The van der Waals surface area contributed by atoms with Gasteiger partial charge in [0.2, 0.25) is 5.91 Å². The van der Waals surface area contributed by atoms with Gasteiger partial charge < -0.3 is 15.7 Å². The predicted molar refractivity (Wildman–Crippen MR) is 94.2 cm³/mol. The lowest BCUT2D eigenvalue weighted by atomic mass is 9.87. The van der Waals surface area contributed by atoms with E-state index < -0.39 is 17.6 Å². The number of anilines is 1. The highest BCUT2D eigenvalue weighted by Crippen LogP contribution is 2.30. The third-order valence-electron chi connectivity index (χ3n) is 3.65. The van der Waals surface area contributed by atoms with Crippen molar-refractivity contribution in [3.63, 3.8) is 0 Å². The molecule has 0 unspecified atom stereocenters. The molecule has 0 radical (unpaired) electrons. The van der Waals surface area contributed by atoms with Gasteiger partial charge in [0.15, 0.2) is 0 Å². The van der Waals surface area contributed by atoms with Crippen molar-refractivity contribution in [1.82, 2.24) is 5.32 Å². The van der Waals surface area contributed by atoms with E-state index >= 15 is 0 Å². The molecule has 0 spiro atoms. The fraction of sp³-hybridized carbons (Fsp3) is 0.263. The van der Waals surface area contributed by atoms with Crippen LogP contribution in [0, 0.1) is 5.82 Å². The fourth-order valence-corrected chi connectivity index (χ4v) is 2.16. The van der Waals surface area contributed by atoms with Crippen molar-refractivity contribution in [2.45, 2.75) is 26.2 Å². The largest absolute Gasteiger partial charge is 0.506 e. The molecule has 3 N–H and O–H groups in total. The number of hydrogen-bond donors (Lipinski definition) is 3. The molecular weight excluding hydrogens is 323 g/mol. The van der Waals surface area contributed by atoms with Gasteiger partial charge in [0, 0.05) is 5.56 Å². The van der Waals surface area contributed by atoms with Crippen LogP contribution in [0.4, 0.5) is 10.1 Å². The van der Waals surface area contributed by atoms with Crippen LogP contribution >= 0.6 is 0 Å². The van der Waals surface area contributed by atoms with Gasteiger partial charge in [-0.1, -0.05) is 26.8 Å². The Bertz CT molecular complexity index is 780. The number of amides is 2. The van der Waals surface area contributed by atoms with E-state index in [1.807, 2.05) is 20.8 Å². The monoisotopic (exact) mass is 344 g/mol. The average Bonchev–Trinajstić information content (AvgIpc) is 2.54. The van der Waals surface area contributed by atoms with Crippen molar-refractivity contribution in [2.24, 2.45) is 0 Å². The first kappa shape index (κ1) is 18.4. The molecule has 0 bridgehead atoms. The van der Waals surface area contributed by atoms with Gasteiger partial charge in [0.1, 0.15) is 11.6 Å². The Hall–Kier alpha value is -2.89. The van der Waals surface area contributed by atoms with Gasteiger partial charge in [-0.05, 0) is 47.4 Å². The summed E-state index contributed by atoms with van der Waals surface area (Å²) in [4.78, 5) is 23.9. The van der Waals surface area contributed by atoms with Crippen molar-refractivity contribution in [3.05, 3.63) is 59.4 Å². The number of carbonyl (C=O) groups excluding carboxylic acids is 2. The standard InChI is InChI=1S/C19H21FN2O3/c1-19(2,3)13-6-9-16(23)15(10-13)22-17(24)11-21-18(25)12-4-7-14(20)8-5-12/h4-10,23H,11H2,1-3H3,(H,21,25)(H,22,24). The smallest absolute Gasteiger partial charge is 0.251 e. The highest BCUT2D eigenvalue weighted by atomic mass is 19.1. The third kappa shape index (κ3) is 5.04. The van der Waals surface area contributed by atoms with E-state index in [-0.39, 0.29) is 29.0 Å². The number of halogens is 1. The van der Waals surface area contributed by atoms with E-state index in [0.717, 1.165) is 5.56 Å². The number of hydrogen-bond acceptors (Lipinski definition) is 3. The maximum absolute atomic E-state index is 12.8. The summed E-state index contributed by atoms with van der Waals surface area (Å²) in [5, 5.41) is 14.9. The second-order valence-electron chi connectivity index (χ2n) is 6.72. The molecule has 6 heteroatoms. The van der Waals surface area contributed by atoms with Gasteiger partial charge in [-0.3, -0.25) is 9.59 Å². The molecule has 25 heavy (non-hydrogen) atoms. The summed E-state index contributed by atoms with van der Waals surface area (Å²) in [6.07, 6.45) is 0. The first-order valence-corrected chi connectivity index (χ1v) is 7.84. The zero-order valence-corrected chi connectivity index (χ0v) is 14.4. The average molecular weight is 344 g/mol. The first-order valence-electron chi connectivity index (χ1n) is 7.84. The maximum atomic E-state index is 12.8. The van der Waals surface area contributed by atoms with Crippen molar-refractivity contribution < 1.29 is 19.1 Å². The SMILES string of the molecule is CC(C)(C)c1ccc(O)c(NC(=O)CNC(=O)c2ccc(F)cc2)c1. The summed E-state index contributed by atoms with van der Waals surface area (Å²) in [6, 6.07) is 10.0. The number of rotatable bonds is 4. The van der Waals surface area contributed by atoms with Crippen LogP contribution < -0.4 is 10.6 Å². The summed E-state index contributed by atoms with van der Waals surface area (Å²) in [7, 11) is 0. The van der Waals surface area contributed by atoms with Crippen LogP contribution in [0.25, 0.3) is 0 Å². The Balaban J connectivity index is 1.98. The van der Waals surface area contributed by atoms with Gasteiger partial charge >= 0.3 is 0 Å². The van der Waals surface area contributed by atoms with Crippen LogP contribution in [0.2, 0.25) is 0 Å². The summed E-state index contributed by atoms with van der Waals surface area (Å²) in [5.41, 5.74) is 1.36. The zero-order valence-electron chi connectivity index (χ0n) is 14.4. The minimum atomic E-state index is -0.484. The predicted octanol–water partition coefficient (Wildman–Crippen LogP) is 3.20. The number of phenolic OH excluding ortho intramolecular Hbond substituents is 1. The summed E-state index contributed by atoms with van der Waals surface area (Å²) in [6.45, 7) is 5.80. The van der Waals surface area contributed by atoms with Crippen molar-refractivity contribution in [2.75, 3.05) is 11.9 Å². The van der Waals surface area contributed by atoms with E-state index in [0.29, 0.717) is 0 Å². The Morgan fingerprint density at radius 1 is 1.08 bits per heavy atom. The lowest BCUT2D eigenvalue weighted by Crippen LogP contribution is -2.32. The molecule has 5 nitrogen and oxygen atoms in total. The van der Waals surface area contributed by atoms with Crippen LogP contribution in [0.1, 0.15) is 36.7 Å². The molecule has 0 heterocycles. The van der Waals surface area contributed by atoms with Gasteiger partial charge in [0.05, 0.1) is 12.2 Å². The van der Waals surface area contributed by atoms with E-state index in [1.165, 1.54) is 30.3 Å². The lowest BCUT2D eigenvalue weighted by Gasteiger charge is -2.20. The maximum Gasteiger partial charge on any atom is 0.251 e. The molecule has 2 amide bonds. The number of carbonyl (C=O) groups is 2. The van der Waals surface area contributed by atoms with Gasteiger partial charge in [-0.25, -0.2) is 4.39 Å². The molecule has 2 aromatic carbocycles. The number of aromatic hydroxyl groups is 1. The fourth-order valence-electron chi connectivity index (χ4n) is 2.16. The van der Waals surface area contributed by atoms with Crippen molar-refractivity contribution in [3.8, 4) is 5.75 Å². The molecule has 0 aliphatic carbocycles. The van der Waals surface area contributed by atoms with Crippen molar-refractivity contribution in [1.29, 1.82) is 0 Å². The van der Waals surface area contributed by atoms with E-state index in [9.17, 15) is 19.1 Å². The quantitative estimate of drug-likeness (QED) is 0.745. The van der Waals surface area contributed by atoms with Crippen LogP contribution in [-0.4, -0.2) is 23.5 Å². The number of phenols is 1. The first-order chi connectivity index (χ1) is 11.7. The van der Waals surface area contributed by atoms with E-state index in [1.54, 1.807) is 12.1 Å². The van der Waals surface area contributed by atoms with Crippen LogP contribution in [-0.2, 0) is 10.2 Å². The van der Waals surface area contributed by atoms with Gasteiger partial charge in [0.25, 0.3) is 5.91 Å². The minimum Gasteiger partial charge on any atom is -0.506 e. The second kappa shape index (κ2) is 7.34. The Morgan fingerprint density at radius 2 is 1.72 bits per heavy atom. The van der Waals surface area contributed by atoms with Crippen LogP contribution in [0.3, 0.4) is 0 Å². The molecule has 132 valence electrons. The lowest BCUT2D eigenvalue weighted by molar-refractivity contribution is -0.115. The molecule has 0 fully saturated rings. The zero-order chi connectivity index (χ0) is 18.6. The third-order valence-corrected chi connectivity index (χ3v) is 3.65. The minimum absolute atomic E-state index is 0.0498. The molecule has 0 aliphatic rings. The molecule has 2 aromatic rings. The highest BCUT2D eigenvalue weighted by Gasteiger charge is 2.16. The molecule has 0 atom stereocenters. The molecular formula is C19H21FN2O3. The second-order valence-corrected chi connectivity index (χ2v) is 6.72. The molecule has 0 saturated carbocycles. The van der Waals surface area contributed by atoms with E-state index in [4.69, 9.17) is 0 Å². The molecule has 2 rings (SSSR count). The number of benzene rings is 2. The number of nitrogens with one attached hydrogen (secondary N) is 2. The molecule has 0 aromatic heterocycles. The Kier molecular flexibility index (Phi) is 5.41. The van der Waals surface area contributed by atoms with Crippen LogP contribution in [0.5, 0.6) is 5.75 Å². The normalized spacial score (nSPS) is 11.0. The summed E-state index contributed by atoms with van der Waals surface area (Å²) in [5.74, 6) is -1.45. The van der Waals surface area contributed by atoms with Gasteiger partial charge in [-0.15, -0.1) is 0 Å². The van der Waals surface area contributed by atoms with E-state index in [2.05, 4.69) is 10.6 Å². The summed E-state index contributed by atoms with van der Waals surface area (Å²) < 4.78 is 12.8. The Labute approximate surface area is 145 Å². The van der Waals surface area contributed by atoms with Gasteiger partial charge in [-0.2, -0.15) is 0 Å². The summed E-state index contributed by atoms with van der Waals surface area (Å²) >= 11 is 0. The molecule has 0 aliphatic heterocycles. The Morgan fingerprint density at radius 3 is 2.32 bits per heavy atom. The van der Waals surface area contributed by atoms with Crippen LogP contribution in [0.15, 0.2) is 42.5 Å².